The first-order valence-corrected chi connectivity index (χ1v) is 6.14. The molecule has 0 saturated heterocycles. The molecule has 0 fully saturated rings. The predicted molar refractivity (Wildman–Crippen MR) is 67.9 cm³/mol. The lowest BCUT2D eigenvalue weighted by atomic mass is 10.1. The molecular weight excluding hydrogens is 254 g/mol. The van der Waals surface area contributed by atoms with Gasteiger partial charge in [0.25, 0.3) is 0 Å². The van der Waals surface area contributed by atoms with Crippen LogP contribution in [0.25, 0.3) is 11.4 Å². The summed E-state index contributed by atoms with van der Waals surface area (Å²) in [7, 11) is 0. The molecule has 2 rings (SSSR count). The number of hydrogen-bond acceptors (Lipinski definition) is 4. The van der Waals surface area contributed by atoms with E-state index in [0.717, 1.165) is 5.76 Å². The van der Waals surface area contributed by atoms with Crippen LogP contribution in [0.2, 0.25) is 5.15 Å². The second kappa shape index (κ2) is 4.94. The van der Waals surface area contributed by atoms with E-state index in [1.807, 2.05) is 20.8 Å². The van der Waals surface area contributed by atoms with Crippen molar-refractivity contribution in [2.24, 2.45) is 0 Å². The Morgan fingerprint density at radius 1 is 1.56 bits per heavy atom. The maximum Gasteiger partial charge on any atom is 0.155 e. The molecule has 0 aliphatic rings. The lowest BCUT2D eigenvalue weighted by molar-refractivity contribution is 0.112. The smallest absolute Gasteiger partial charge is 0.155 e. The minimum absolute atomic E-state index is 0.231. The van der Waals surface area contributed by atoms with Crippen molar-refractivity contribution in [3.8, 4) is 11.4 Å². The summed E-state index contributed by atoms with van der Waals surface area (Å²) >= 11 is 6.06. The molecule has 0 N–H and O–H groups in total. The first kappa shape index (κ1) is 12.8. The van der Waals surface area contributed by atoms with Crippen LogP contribution >= 0.6 is 11.6 Å². The number of hydrogen-bond donors (Lipinski definition) is 0. The van der Waals surface area contributed by atoms with E-state index in [1.165, 1.54) is 0 Å². The third-order valence-corrected chi connectivity index (χ3v) is 3.08. The molecule has 5 nitrogen and oxygen atoms in total. The predicted octanol–water partition coefficient (Wildman–Crippen LogP) is 3.15. The number of aromatic nitrogens is 3. The maximum atomic E-state index is 11.1. The third-order valence-electron chi connectivity index (χ3n) is 2.68. The minimum Gasteiger partial charge on any atom is -0.360 e. The van der Waals surface area contributed by atoms with Crippen LogP contribution in [0.15, 0.2) is 10.6 Å². The molecule has 96 valence electrons. The third kappa shape index (κ3) is 2.06. The lowest BCUT2D eigenvalue weighted by Gasteiger charge is -1.94. The SMILES string of the molecule is CCn1nc(-c2cc(C(C)C)on2)c(C=O)c1Cl. The quantitative estimate of drug-likeness (QED) is 0.799. The van der Waals surface area contributed by atoms with Crippen LogP contribution in [0.4, 0.5) is 0 Å². The number of halogens is 1. The highest BCUT2D eigenvalue weighted by atomic mass is 35.5. The van der Waals surface area contributed by atoms with Crippen molar-refractivity contribution in [3.63, 3.8) is 0 Å². The molecule has 2 aromatic heterocycles. The second-order valence-corrected chi connectivity index (χ2v) is 4.61. The van der Waals surface area contributed by atoms with Gasteiger partial charge in [0.15, 0.2) is 6.29 Å². The zero-order valence-electron chi connectivity index (χ0n) is 10.5. The lowest BCUT2D eigenvalue weighted by Crippen LogP contribution is -1.96. The maximum absolute atomic E-state index is 11.1. The van der Waals surface area contributed by atoms with Crippen molar-refractivity contribution in [1.29, 1.82) is 0 Å². The van der Waals surface area contributed by atoms with Crippen LogP contribution in [-0.4, -0.2) is 21.2 Å². The first-order valence-electron chi connectivity index (χ1n) is 5.76. The molecule has 0 bridgehead atoms. The minimum atomic E-state index is 0.231. The van der Waals surface area contributed by atoms with Gasteiger partial charge in [0.1, 0.15) is 22.3 Å². The summed E-state index contributed by atoms with van der Waals surface area (Å²) in [5.41, 5.74) is 1.35. The van der Waals surface area contributed by atoms with Crippen molar-refractivity contribution in [1.82, 2.24) is 14.9 Å². The molecule has 0 saturated carbocycles. The summed E-state index contributed by atoms with van der Waals surface area (Å²) in [5, 5.41) is 8.54. The summed E-state index contributed by atoms with van der Waals surface area (Å²) in [6, 6.07) is 1.79. The Hall–Kier alpha value is -1.62. The number of carbonyl (C=O) groups is 1. The molecule has 2 aromatic rings. The molecule has 0 radical (unpaired) electrons. The molecular formula is C12H14ClN3O2. The second-order valence-electron chi connectivity index (χ2n) is 4.26. The summed E-state index contributed by atoms with van der Waals surface area (Å²) < 4.78 is 6.76. The van der Waals surface area contributed by atoms with E-state index in [9.17, 15) is 4.79 Å². The fourth-order valence-corrected chi connectivity index (χ4v) is 1.92. The molecule has 0 aliphatic heterocycles. The highest BCUT2D eigenvalue weighted by molar-refractivity contribution is 6.32. The molecule has 0 atom stereocenters. The highest BCUT2D eigenvalue weighted by Gasteiger charge is 2.20. The van der Waals surface area contributed by atoms with Crippen LogP contribution < -0.4 is 0 Å². The van der Waals surface area contributed by atoms with Crippen LogP contribution in [0.5, 0.6) is 0 Å². The van der Waals surface area contributed by atoms with Crippen molar-refractivity contribution < 1.29 is 9.32 Å². The topological polar surface area (TPSA) is 60.9 Å². The number of rotatable bonds is 4. The molecule has 0 unspecified atom stereocenters. The van der Waals surface area contributed by atoms with E-state index >= 15 is 0 Å². The largest absolute Gasteiger partial charge is 0.360 e. The van der Waals surface area contributed by atoms with Crippen LogP contribution in [0, 0.1) is 0 Å². The van der Waals surface area contributed by atoms with Gasteiger partial charge in [0, 0.05) is 18.5 Å². The average Bonchev–Trinajstić information content (AvgIpc) is 2.93. The normalized spacial score (nSPS) is 11.2. The fourth-order valence-electron chi connectivity index (χ4n) is 1.63. The van der Waals surface area contributed by atoms with Gasteiger partial charge in [-0.15, -0.1) is 0 Å². The summed E-state index contributed by atoms with van der Waals surface area (Å²) in [4.78, 5) is 11.1. The van der Waals surface area contributed by atoms with E-state index in [2.05, 4.69) is 10.3 Å². The fraction of sp³-hybridized carbons (Fsp3) is 0.417. The standard InChI is InChI=1S/C12H14ClN3O2/c1-4-16-12(13)8(6-17)11(14-16)9-5-10(7(2)3)18-15-9/h5-7H,4H2,1-3H3. The Morgan fingerprint density at radius 3 is 2.78 bits per heavy atom. The monoisotopic (exact) mass is 267 g/mol. The molecule has 0 spiro atoms. The van der Waals surface area contributed by atoms with Crippen LogP contribution in [0.3, 0.4) is 0 Å². The molecule has 2 heterocycles. The van der Waals surface area contributed by atoms with Gasteiger partial charge in [-0.3, -0.25) is 9.48 Å². The summed E-state index contributed by atoms with van der Waals surface area (Å²) in [5.74, 6) is 0.985. The molecule has 6 heteroatoms. The van der Waals surface area contributed by atoms with Gasteiger partial charge in [-0.05, 0) is 6.92 Å². The van der Waals surface area contributed by atoms with E-state index in [4.69, 9.17) is 16.1 Å². The van der Waals surface area contributed by atoms with E-state index in [-0.39, 0.29) is 5.92 Å². The summed E-state index contributed by atoms with van der Waals surface area (Å²) in [6.45, 7) is 6.50. The van der Waals surface area contributed by atoms with Gasteiger partial charge in [-0.25, -0.2) is 0 Å². The van der Waals surface area contributed by atoms with E-state index in [0.29, 0.717) is 34.9 Å². The Balaban J connectivity index is 2.52. The van der Waals surface area contributed by atoms with Crippen LogP contribution in [0.1, 0.15) is 42.8 Å². The van der Waals surface area contributed by atoms with E-state index < -0.39 is 0 Å². The Bertz CT molecular complexity index is 572. The molecule has 0 amide bonds. The zero-order valence-corrected chi connectivity index (χ0v) is 11.2. The molecule has 0 aromatic carbocycles. The Morgan fingerprint density at radius 2 is 2.28 bits per heavy atom. The highest BCUT2D eigenvalue weighted by Crippen LogP contribution is 2.28. The number of nitrogens with zero attached hydrogens (tertiary/aromatic N) is 3. The molecule has 0 aliphatic carbocycles. The average molecular weight is 268 g/mol. The van der Waals surface area contributed by atoms with Crippen molar-refractivity contribution in [2.75, 3.05) is 0 Å². The van der Waals surface area contributed by atoms with Crippen molar-refractivity contribution >= 4 is 17.9 Å². The number of aryl methyl sites for hydroxylation is 1. The Labute approximate surface area is 110 Å². The van der Waals surface area contributed by atoms with Crippen molar-refractivity contribution in [3.05, 3.63) is 22.5 Å². The molecule has 18 heavy (non-hydrogen) atoms. The van der Waals surface area contributed by atoms with Gasteiger partial charge in [0.2, 0.25) is 0 Å². The first-order chi connectivity index (χ1) is 8.58. The van der Waals surface area contributed by atoms with Crippen LogP contribution in [-0.2, 0) is 6.54 Å². The van der Waals surface area contributed by atoms with Gasteiger partial charge >= 0.3 is 0 Å². The number of aldehydes is 1. The Kier molecular flexibility index (Phi) is 3.52. The zero-order chi connectivity index (χ0) is 13.3. The van der Waals surface area contributed by atoms with Gasteiger partial charge in [-0.2, -0.15) is 5.10 Å². The van der Waals surface area contributed by atoms with Crippen molar-refractivity contribution in [2.45, 2.75) is 33.2 Å². The summed E-state index contributed by atoms with van der Waals surface area (Å²) in [6.07, 6.45) is 0.695. The van der Waals surface area contributed by atoms with Gasteiger partial charge in [0.05, 0.1) is 5.56 Å². The van der Waals surface area contributed by atoms with Gasteiger partial charge in [-0.1, -0.05) is 30.6 Å². The number of carbonyl (C=O) groups excluding carboxylic acids is 1. The van der Waals surface area contributed by atoms with E-state index in [1.54, 1.807) is 10.7 Å². The van der Waals surface area contributed by atoms with Gasteiger partial charge < -0.3 is 4.52 Å².